The van der Waals surface area contributed by atoms with Crippen molar-refractivity contribution in [1.29, 1.82) is 0 Å². The maximum absolute atomic E-state index is 12.5. The summed E-state index contributed by atoms with van der Waals surface area (Å²) in [6, 6.07) is 5.29. The second kappa shape index (κ2) is 6.27. The van der Waals surface area contributed by atoms with Crippen LogP contribution in [0.25, 0.3) is 0 Å². The lowest BCUT2D eigenvalue weighted by molar-refractivity contribution is 0.123. The van der Waals surface area contributed by atoms with Crippen LogP contribution in [0.5, 0.6) is 5.88 Å². The second-order valence-electron chi connectivity index (χ2n) is 6.43. The van der Waals surface area contributed by atoms with Crippen LogP contribution in [0.3, 0.4) is 0 Å². The minimum Gasteiger partial charge on any atom is -0.477 e. The highest BCUT2D eigenvalue weighted by atomic mass is 32.2. The Kier molecular flexibility index (Phi) is 4.61. The Morgan fingerprint density at radius 1 is 1.38 bits per heavy atom. The third-order valence-electron chi connectivity index (χ3n) is 4.91. The van der Waals surface area contributed by atoms with Gasteiger partial charge in [0.2, 0.25) is 15.9 Å². The molecule has 9 heteroatoms. The maximum atomic E-state index is 12.5. The average molecular weight is 374 g/mol. The largest absolute Gasteiger partial charge is 0.477 e. The number of nitrogens with zero attached hydrogens (tertiary/aromatic N) is 2. The summed E-state index contributed by atoms with van der Waals surface area (Å²) in [6.45, 7) is 2.13. The van der Waals surface area contributed by atoms with Crippen molar-refractivity contribution in [2.75, 3.05) is 31.2 Å². The van der Waals surface area contributed by atoms with Gasteiger partial charge in [0.1, 0.15) is 4.75 Å². The fourth-order valence-corrected chi connectivity index (χ4v) is 7.65. The van der Waals surface area contributed by atoms with Crippen LogP contribution in [-0.4, -0.2) is 62.1 Å². The number of aromatic nitrogens is 1. The minimum absolute atomic E-state index is 0.0495. The maximum Gasteiger partial charge on any atom is 0.214 e. The normalized spacial score (nSPS) is 25.5. The zero-order valence-electron chi connectivity index (χ0n) is 13.6. The molecule has 2 aliphatic rings. The zero-order valence-corrected chi connectivity index (χ0v) is 15.2. The van der Waals surface area contributed by atoms with Crippen LogP contribution in [0.15, 0.2) is 24.4 Å². The molecule has 0 aromatic carbocycles. The molecule has 0 aliphatic carbocycles. The van der Waals surface area contributed by atoms with E-state index in [0.717, 1.165) is 0 Å². The first-order chi connectivity index (χ1) is 11.3. The Bertz CT molecular complexity index is 786. The summed E-state index contributed by atoms with van der Waals surface area (Å²) in [4.78, 5) is 4.07. The summed E-state index contributed by atoms with van der Waals surface area (Å²) in [5.41, 5.74) is 0. The van der Waals surface area contributed by atoms with Crippen molar-refractivity contribution in [3.63, 3.8) is 0 Å². The van der Waals surface area contributed by atoms with E-state index in [1.165, 1.54) is 4.31 Å². The van der Waals surface area contributed by atoms with Gasteiger partial charge in [-0.2, -0.15) is 4.31 Å². The van der Waals surface area contributed by atoms with E-state index >= 15 is 0 Å². The summed E-state index contributed by atoms with van der Waals surface area (Å²) < 4.78 is 55.3. The molecule has 0 radical (unpaired) electrons. The van der Waals surface area contributed by atoms with Gasteiger partial charge in [0.15, 0.2) is 9.84 Å². The lowest BCUT2D eigenvalue weighted by Crippen LogP contribution is -2.69. The van der Waals surface area contributed by atoms with E-state index in [1.54, 1.807) is 31.3 Å². The van der Waals surface area contributed by atoms with Gasteiger partial charge in [-0.25, -0.2) is 21.8 Å². The molecule has 0 saturated carbocycles. The second-order valence-corrected chi connectivity index (χ2v) is 11.0. The number of hydrogen-bond acceptors (Lipinski definition) is 6. The van der Waals surface area contributed by atoms with Crippen molar-refractivity contribution >= 4 is 19.9 Å². The molecule has 3 heterocycles. The molecule has 2 fully saturated rings. The molecule has 1 spiro atoms. The van der Waals surface area contributed by atoms with Crippen molar-refractivity contribution in [1.82, 2.24) is 9.29 Å². The van der Waals surface area contributed by atoms with Crippen LogP contribution < -0.4 is 4.74 Å². The Hall–Kier alpha value is -1.19. The minimum atomic E-state index is -3.36. The van der Waals surface area contributed by atoms with Crippen molar-refractivity contribution in [3.8, 4) is 5.88 Å². The molecule has 1 unspecified atom stereocenters. The van der Waals surface area contributed by atoms with E-state index < -0.39 is 24.6 Å². The number of hydrogen-bond donors (Lipinski definition) is 0. The molecule has 0 N–H and O–H groups in total. The van der Waals surface area contributed by atoms with Gasteiger partial charge in [0.05, 0.1) is 18.1 Å². The van der Waals surface area contributed by atoms with Crippen LogP contribution in [0.2, 0.25) is 0 Å². The van der Waals surface area contributed by atoms with Crippen LogP contribution in [0, 0.1) is 5.92 Å². The zero-order chi connectivity index (χ0) is 17.4. The molecule has 7 nitrogen and oxygen atoms in total. The predicted molar refractivity (Wildman–Crippen MR) is 90.0 cm³/mol. The molecule has 1 atom stereocenters. The van der Waals surface area contributed by atoms with Crippen LogP contribution >= 0.6 is 0 Å². The van der Waals surface area contributed by atoms with Crippen LogP contribution in [-0.2, 0) is 19.9 Å². The lowest BCUT2D eigenvalue weighted by atomic mass is 9.85. The molecular weight excluding hydrogens is 352 g/mol. The summed E-state index contributed by atoms with van der Waals surface area (Å²) >= 11 is 0. The fourth-order valence-electron chi connectivity index (χ4n) is 3.46. The first kappa shape index (κ1) is 17.6. The number of ether oxygens (including phenoxy) is 1. The highest BCUT2D eigenvalue weighted by molar-refractivity contribution is 7.93. The summed E-state index contributed by atoms with van der Waals surface area (Å²) in [5.74, 6) is 0.382. The number of sulfonamides is 1. The van der Waals surface area contributed by atoms with Crippen LogP contribution in [0.4, 0.5) is 0 Å². The third kappa shape index (κ3) is 2.93. The van der Waals surface area contributed by atoms with E-state index in [-0.39, 0.29) is 37.1 Å². The van der Waals surface area contributed by atoms with Gasteiger partial charge >= 0.3 is 0 Å². The van der Waals surface area contributed by atoms with E-state index in [4.69, 9.17) is 4.74 Å². The number of pyridine rings is 1. The molecule has 1 aromatic heterocycles. The Morgan fingerprint density at radius 2 is 2.12 bits per heavy atom. The number of sulfone groups is 1. The Balaban J connectivity index is 1.73. The van der Waals surface area contributed by atoms with Gasteiger partial charge < -0.3 is 4.74 Å². The van der Waals surface area contributed by atoms with Gasteiger partial charge in [-0.3, -0.25) is 0 Å². The molecule has 0 amide bonds. The fraction of sp³-hybridized carbons (Fsp3) is 0.667. The van der Waals surface area contributed by atoms with Crippen LogP contribution in [0.1, 0.15) is 19.8 Å². The quantitative estimate of drug-likeness (QED) is 0.727. The van der Waals surface area contributed by atoms with Crippen molar-refractivity contribution in [2.24, 2.45) is 5.92 Å². The highest BCUT2D eigenvalue weighted by Crippen LogP contribution is 2.45. The van der Waals surface area contributed by atoms with E-state index in [0.29, 0.717) is 18.7 Å². The smallest absolute Gasteiger partial charge is 0.214 e. The van der Waals surface area contributed by atoms with E-state index in [9.17, 15) is 16.8 Å². The molecular formula is C15H22N2O5S2. The monoisotopic (exact) mass is 374 g/mol. The van der Waals surface area contributed by atoms with Crippen molar-refractivity contribution in [3.05, 3.63) is 24.4 Å². The number of rotatable bonds is 6. The SMILES string of the molecule is CCCS(=O)(=O)N1CC2(C1)C(COc1ccccn1)CCS2(=O)=O. The third-order valence-corrected chi connectivity index (χ3v) is 9.48. The molecule has 134 valence electrons. The average Bonchev–Trinajstić information content (AvgIpc) is 2.75. The van der Waals surface area contributed by atoms with Gasteiger partial charge in [-0.15, -0.1) is 0 Å². The van der Waals surface area contributed by atoms with Gasteiger partial charge in [-0.05, 0) is 18.9 Å². The van der Waals surface area contributed by atoms with Crippen molar-refractivity contribution in [2.45, 2.75) is 24.5 Å². The van der Waals surface area contributed by atoms with Gasteiger partial charge in [0, 0.05) is 31.3 Å². The standard InChI is InChI=1S/C15H22N2O5S2/c1-2-8-24(20,21)17-11-15(12-17)13(6-9-23(15,18)19)10-22-14-5-3-4-7-16-14/h3-5,7,13H,2,6,8-12H2,1H3. The van der Waals surface area contributed by atoms with Crippen molar-refractivity contribution < 1.29 is 21.6 Å². The molecule has 2 saturated heterocycles. The molecule has 24 heavy (non-hydrogen) atoms. The molecule has 0 bridgehead atoms. The highest BCUT2D eigenvalue weighted by Gasteiger charge is 2.63. The topological polar surface area (TPSA) is 93.6 Å². The van der Waals surface area contributed by atoms with Gasteiger partial charge in [-0.1, -0.05) is 13.0 Å². The summed E-state index contributed by atoms with van der Waals surface area (Å²) in [7, 11) is -6.68. The Morgan fingerprint density at radius 3 is 2.75 bits per heavy atom. The summed E-state index contributed by atoms with van der Waals surface area (Å²) in [5, 5.41) is 0. The first-order valence-corrected chi connectivity index (χ1v) is 11.3. The molecule has 1 aromatic rings. The summed E-state index contributed by atoms with van der Waals surface area (Å²) in [6.07, 6.45) is 2.63. The lowest BCUT2D eigenvalue weighted by Gasteiger charge is -2.48. The van der Waals surface area contributed by atoms with E-state index in [2.05, 4.69) is 4.98 Å². The van der Waals surface area contributed by atoms with E-state index in [1.807, 2.05) is 0 Å². The molecule has 3 rings (SSSR count). The Labute approximate surface area is 143 Å². The first-order valence-electron chi connectivity index (χ1n) is 8.05. The predicted octanol–water partition coefficient (Wildman–Crippen LogP) is 0.689. The molecule has 2 aliphatic heterocycles. The van der Waals surface area contributed by atoms with Gasteiger partial charge in [0.25, 0.3) is 0 Å².